The number of benzene rings is 1. The molecule has 2 aromatic heterocycles. The molecular weight excluding hydrogens is 384 g/mol. The number of nitrogens with one attached hydrogen (secondary N) is 2. The van der Waals surface area contributed by atoms with Crippen LogP contribution in [0.15, 0.2) is 64.7 Å². The van der Waals surface area contributed by atoms with Crippen molar-refractivity contribution in [1.29, 1.82) is 0 Å². The molecule has 0 saturated heterocycles. The average Bonchev–Trinajstić information content (AvgIpc) is 3.30. The lowest BCUT2D eigenvalue weighted by atomic mass is 10.1. The fourth-order valence-electron chi connectivity index (χ4n) is 2.58. The molecule has 0 bridgehead atoms. The van der Waals surface area contributed by atoms with Gasteiger partial charge in [-0.3, -0.25) is 9.52 Å². The van der Waals surface area contributed by atoms with Gasteiger partial charge in [-0.2, -0.15) is 0 Å². The molecular formula is C18H20N4O3S2. The first-order valence-corrected chi connectivity index (χ1v) is 10.7. The minimum atomic E-state index is -3.56. The van der Waals surface area contributed by atoms with E-state index in [2.05, 4.69) is 15.0 Å². The summed E-state index contributed by atoms with van der Waals surface area (Å²) in [6, 6.07) is 10.0. The van der Waals surface area contributed by atoms with E-state index < -0.39 is 10.0 Å². The van der Waals surface area contributed by atoms with Crippen LogP contribution in [-0.2, 0) is 27.8 Å². The topological polar surface area (TPSA) is 93.1 Å². The van der Waals surface area contributed by atoms with Crippen LogP contribution in [0.4, 0.5) is 5.69 Å². The first-order valence-electron chi connectivity index (χ1n) is 8.33. The number of carbonyl (C=O) groups is 1. The zero-order chi connectivity index (χ0) is 19.3. The maximum Gasteiger partial charge on any atom is 0.271 e. The summed E-state index contributed by atoms with van der Waals surface area (Å²) >= 11 is 1.16. The second kappa shape index (κ2) is 8.36. The predicted octanol–water partition coefficient (Wildman–Crippen LogP) is 2.49. The number of imidazole rings is 1. The molecule has 1 aromatic carbocycles. The molecule has 2 N–H and O–H groups in total. The van der Waals surface area contributed by atoms with Crippen LogP contribution in [-0.4, -0.2) is 29.9 Å². The van der Waals surface area contributed by atoms with Gasteiger partial charge in [0.2, 0.25) is 5.91 Å². The molecule has 7 nitrogen and oxygen atoms in total. The number of anilines is 1. The van der Waals surface area contributed by atoms with Gasteiger partial charge in [0.15, 0.2) is 0 Å². The number of hydrogen-bond acceptors (Lipinski definition) is 5. The number of rotatable bonds is 8. The van der Waals surface area contributed by atoms with E-state index in [1.54, 1.807) is 54.3 Å². The largest absolute Gasteiger partial charge is 0.352 e. The average molecular weight is 405 g/mol. The van der Waals surface area contributed by atoms with Crippen molar-refractivity contribution in [2.24, 2.45) is 0 Å². The van der Waals surface area contributed by atoms with Crippen molar-refractivity contribution in [3.63, 3.8) is 0 Å². The van der Waals surface area contributed by atoms with Crippen LogP contribution in [0, 0.1) is 0 Å². The van der Waals surface area contributed by atoms with Crippen LogP contribution >= 0.6 is 11.3 Å². The van der Waals surface area contributed by atoms with E-state index in [4.69, 9.17) is 0 Å². The van der Waals surface area contributed by atoms with Crippen molar-refractivity contribution in [1.82, 2.24) is 14.9 Å². The highest BCUT2D eigenvalue weighted by Gasteiger charge is 2.15. The summed E-state index contributed by atoms with van der Waals surface area (Å²) in [5.74, 6) is -0.0884. The molecule has 27 heavy (non-hydrogen) atoms. The van der Waals surface area contributed by atoms with Crippen LogP contribution in [0.2, 0.25) is 0 Å². The summed E-state index contributed by atoms with van der Waals surface area (Å²) < 4.78 is 29.1. The number of carbonyl (C=O) groups excluding carboxylic acids is 1. The Balaban J connectivity index is 1.53. The van der Waals surface area contributed by atoms with Gasteiger partial charge in [0.05, 0.1) is 12.7 Å². The molecule has 1 amide bonds. The van der Waals surface area contributed by atoms with Gasteiger partial charge in [-0.25, -0.2) is 13.4 Å². The summed E-state index contributed by atoms with van der Waals surface area (Å²) in [6.07, 6.45) is 5.48. The van der Waals surface area contributed by atoms with Crippen LogP contribution in [0.25, 0.3) is 0 Å². The Hall–Kier alpha value is -2.65. The van der Waals surface area contributed by atoms with Crippen molar-refractivity contribution in [3.05, 3.63) is 66.1 Å². The van der Waals surface area contributed by atoms with Crippen LogP contribution in [0.1, 0.15) is 12.5 Å². The minimum absolute atomic E-state index is 0.0245. The Bertz CT molecular complexity index is 966. The van der Waals surface area contributed by atoms with Gasteiger partial charge in [0, 0.05) is 30.7 Å². The van der Waals surface area contributed by atoms with Gasteiger partial charge in [0.1, 0.15) is 4.21 Å². The van der Waals surface area contributed by atoms with Crippen molar-refractivity contribution >= 4 is 33.0 Å². The van der Waals surface area contributed by atoms with Gasteiger partial charge >= 0.3 is 0 Å². The summed E-state index contributed by atoms with van der Waals surface area (Å²) in [6.45, 7) is 2.58. The Morgan fingerprint density at radius 1 is 1.26 bits per heavy atom. The highest BCUT2D eigenvalue weighted by atomic mass is 32.2. The molecule has 3 rings (SSSR count). The van der Waals surface area contributed by atoms with Gasteiger partial charge < -0.3 is 9.88 Å². The number of nitrogens with zero attached hydrogens (tertiary/aromatic N) is 2. The Morgan fingerprint density at radius 2 is 2.04 bits per heavy atom. The summed E-state index contributed by atoms with van der Waals surface area (Å²) in [5.41, 5.74) is 1.27. The molecule has 0 radical (unpaired) electrons. The smallest absolute Gasteiger partial charge is 0.271 e. The molecule has 0 aliphatic rings. The monoisotopic (exact) mass is 404 g/mol. The highest BCUT2D eigenvalue weighted by Crippen LogP contribution is 2.20. The second-order valence-corrected chi connectivity index (χ2v) is 9.00. The van der Waals surface area contributed by atoms with E-state index in [1.165, 1.54) is 0 Å². The maximum absolute atomic E-state index is 12.2. The molecule has 142 valence electrons. The van der Waals surface area contributed by atoms with Crippen molar-refractivity contribution in [2.75, 3.05) is 4.72 Å². The Labute approximate surface area is 162 Å². The number of sulfonamides is 1. The third kappa shape index (κ3) is 5.41. The molecule has 3 aromatic rings. The van der Waals surface area contributed by atoms with Crippen molar-refractivity contribution < 1.29 is 13.2 Å². The summed E-state index contributed by atoms with van der Waals surface area (Å²) in [4.78, 5) is 16.1. The van der Waals surface area contributed by atoms with E-state index in [9.17, 15) is 13.2 Å². The Kier molecular flexibility index (Phi) is 5.92. The standard InChI is InChI=1S/C18H20N4O3S2/c1-14(12-22-9-8-19-13-22)20-17(23)11-15-4-6-16(7-5-15)21-27(24,25)18-3-2-10-26-18/h2-10,13-14,21H,11-12H2,1H3,(H,20,23). The lowest BCUT2D eigenvalue weighted by Gasteiger charge is -2.14. The molecule has 1 atom stereocenters. The third-order valence-corrected chi connectivity index (χ3v) is 6.56. The normalized spacial score (nSPS) is 12.5. The second-order valence-electron chi connectivity index (χ2n) is 6.14. The highest BCUT2D eigenvalue weighted by molar-refractivity contribution is 7.94. The van der Waals surface area contributed by atoms with Gasteiger partial charge in [-0.05, 0) is 36.1 Å². The van der Waals surface area contributed by atoms with Crippen LogP contribution in [0.3, 0.4) is 0 Å². The zero-order valence-corrected chi connectivity index (χ0v) is 16.3. The fraction of sp³-hybridized carbons (Fsp3) is 0.222. The predicted molar refractivity (Wildman–Crippen MR) is 105 cm³/mol. The number of amides is 1. The summed E-state index contributed by atoms with van der Waals surface area (Å²) in [5, 5.41) is 4.65. The van der Waals surface area contributed by atoms with Gasteiger partial charge in [-0.1, -0.05) is 18.2 Å². The maximum atomic E-state index is 12.2. The first kappa shape index (κ1) is 19.1. The lowest BCUT2D eigenvalue weighted by Crippen LogP contribution is -2.36. The van der Waals surface area contributed by atoms with Gasteiger partial charge in [0.25, 0.3) is 10.0 Å². The molecule has 0 aliphatic carbocycles. The quantitative estimate of drug-likeness (QED) is 0.603. The fourth-order valence-corrected chi connectivity index (χ4v) is 4.63. The van der Waals surface area contributed by atoms with E-state index in [0.29, 0.717) is 12.2 Å². The molecule has 0 fully saturated rings. The molecule has 9 heteroatoms. The molecule has 1 unspecified atom stereocenters. The number of aromatic nitrogens is 2. The Morgan fingerprint density at radius 3 is 2.67 bits per heavy atom. The van der Waals surface area contributed by atoms with Crippen molar-refractivity contribution in [3.8, 4) is 0 Å². The summed E-state index contributed by atoms with van der Waals surface area (Å²) in [7, 11) is -3.56. The SMILES string of the molecule is CC(Cn1ccnc1)NC(=O)Cc1ccc(NS(=O)(=O)c2cccs2)cc1. The number of hydrogen-bond donors (Lipinski definition) is 2. The van der Waals surface area contributed by atoms with Gasteiger partial charge in [-0.15, -0.1) is 11.3 Å². The lowest BCUT2D eigenvalue weighted by molar-refractivity contribution is -0.121. The van der Waals surface area contributed by atoms with E-state index in [0.717, 1.165) is 16.9 Å². The minimum Gasteiger partial charge on any atom is -0.352 e. The van der Waals surface area contributed by atoms with E-state index in [1.807, 2.05) is 17.7 Å². The third-order valence-electron chi connectivity index (χ3n) is 3.78. The molecule has 0 spiro atoms. The van der Waals surface area contributed by atoms with Crippen molar-refractivity contribution in [2.45, 2.75) is 30.1 Å². The van der Waals surface area contributed by atoms with E-state index in [-0.39, 0.29) is 22.6 Å². The van der Waals surface area contributed by atoms with Crippen LogP contribution < -0.4 is 10.0 Å². The molecule has 2 heterocycles. The van der Waals surface area contributed by atoms with Crippen LogP contribution in [0.5, 0.6) is 0 Å². The molecule has 0 saturated carbocycles. The number of thiophene rings is 1. The van der Waals surface area contributed by atoms with E-state index >= 15 is 0 Å². The molecule has 0 aliphatic heterocycles. The zero-order valence-electron chi connectivity index (χ0n) is 14.7. The first-order chi connectivity index (χ1) is 12.9.